The van der Waals surface area contributed by atoms with Crippen LogP contribution in [0, 0.1) is 0 Å². The Morgan fingerprint density at radius 2 is 1.50 bits per heavy atom. The third-order valence-corrected chi connectivity index (χ3v) is 6.09. The number of ether oxygens (including phenoxy) is 1. The molecule has 0 aliphatic carbocycles. The van der Waals surface area contributed by atoms with E-state index in [1.54, 1.807) is 44.2 Å². The molecule has 2 heterocycles. The Kier molecular flexibility index (Phi) is 6.90. The van der Waals surface area contributed by atoms with Crippen LogP contribution in [0.1, 0.15) is 42.4 Å². The summed E-state index contributed by atoms with van der Waals surface area (Å²) in [4.78, 5) is 18.6. The molecule has 0 fully saturated rings. The van der Waals surface area contributed by atoms with E-state index in [4.69, 9.17) is 4.74 Å². The number of aromatic nitrogens is 1. The van der Waals surface area contributed by atoms with Gasteiger partial charge in [-0.15, -0.1) is 0 Å². The predicted octanol–water partition coefficient (Wildman–Crippen LogP) is 6.62. The lowest BCUT2D eigenvalue weighted by Gasteiger charge is -2.29. The lowest BCUT2D eigenvalue weighted by atomic mass is 9.98. The van der Waals surface area contributed by atoms with Gasteiger partial charge in [0.05, 0.1) is 35.6 Å². The van der Waals surface area contributed by atoms with Gasteiger partial charge in [-0.05, 0) is 74.0 Å². The van der Waals surface area contributed by atoms with Crippen molar-refractivity contribution in [3.05, 3.63) is 101 Å². The molecular weight excluding hydrogens is 512 g/mol. The van der Waals surface area contributed by atoms with Crippen molar-refractivity contribution in [2.45, 2.75) is 37.8 Å². The van der Waals surface area contributed by atoms with Gasteiger partial charge in [0.1, 0.15) is 11.4 Å². The second kappa shape index (κ2) is 9.70. The van der Waals surface area contributed by atoms with E-state index in [1.807, 2.05) is 0 Å². The summed E-state index contributed by atoms with van der Waals surface area (Å²) in [5.41, 5.74) is -2.22. The maximum absolute atomic E-state index is 13.6. The molecule has 1 atom stereocenters. The molecular formula is C27H23F6N3O2. The van der Waals surface area contributed by atoms with E-state index in [2.05, 4.69) is 10.3 Å². The van der Waals surface area contributed by atoms with Gasteiger partial charge in [0.25, 0.3) is 5.91 Å². The Morgan fingerprint density at radius 3 is 2.11 bits per heavy atom. The molecule has 1 aliphatic rings. The van der Waals surface area contributed by atoms with Crippen LogP contribution >= 0.6 is 0 Å². The summed E-state index contributed by atoms with van der Waals surface area (Å²) in [6, 6.07) is 13.8. The minimum atomic E-state index is -4.65. The highest BCUT2D eigenvalue weighted by Crippen LogP contribution is 2.39. The third-order valence-electron chi connectivity index (χ3n) is 6.09. The van der Waals surface area contributed by atoms with Crippen molar-refractivity contribution in [3.63, 3.8) is 0 Å². The molecule has 1 aromatic heterocycles. The number of nitrogens with zero attached hydrogens (tertiary/aromatic N) is 2. The minimum Gasteiger partial charge on any atom is -0.497 e. The van der Waals surface area contributed by atoms with Crippen LogP contribution in [0.2, 0.25) is 0 Å². The minimum absolute atomic E-state index is 0.0481. The molecule has 0 saturated carbocycles. The monoisotopic (exact) mass is 535 g/mol. The average molecular weight is 535 g/mol. The fraction of sp³-hybridized carbons (Fsp3) is 0.259. The van der Waals surface area contributed by atoms with Crippen LogP contribution in [0.5, 0.6) is 5.75 Å². The molecule has 0 bridgehead atoms. The SMILES string of the molecule is COc1cccc(C2C=C(NC(C)(C)c3cccc(C(F)(F)F)n3)C(=O)N2c2ccc(C(F)(F)F)cc2)c1. The van der Waals surface area contributed by atoms with Crippen molar-refractivity contribution in [2.75, 3.05) is 12.0 Å². The standard InChI is InChI=1S/C27H23F6N3O2/c1-25(2,22-8-5-9-23(34-22)27(31,32)33)35-20-15-21(16-6-4-7-19(14-16)38-3)36(24(20)37)18-12-10-17(11-13-18)26(28,29)30/h4-15,21,35H,1-3H3. The summed E-state index contributed by atoms with van der Waals surface area (Å²) < 4.78 is 84.3. The lowest BCUT2D eigenvalue weighted by Crippen LogP contribution is -2.41. The van der Waals surface area contributed by atoms with Crippen LogP contribution < -0.4 is 15.0 Å². The van der Waals surface area contributed by atoms with Gasteiger partial charge >= 0.3 is 12.4 Å². The van der Waals surface area contributed by atoms with E-state index in [0.717, 1.165) is 18.2 Å². The number of carbonyl (C=O) groups is 1. The van der Waals surface area contributed by atoms with Crippen LogP contribution in [0.4, 0.5) is 32.0 Å². The maximum Gasteiger partial charge on any atom is 0.433 e. The van der Waals surface area contributed by atoms with Gasteiger partial charge in [-0.2, -0.15) is 26.3 Å². The van der Waals surface area contributed by atoms with Gasteiger partial charge in [0.2, 0.25) is 0 Å². The van der Waals surface area contributed by atoms with Crippen LogP contribution in [-0.2, 0) is 22.7 Å². The largest absolute Gasteiger partial charge is 0.497 e. The molecule has 4 rings (SSSR count). The first-order valence-corrected chi connectivity index (χ1v) is 11.4. The second-order valence-electron chi connectivity index (χ2n) is 9.18. The highest BCUT2D eigenvalue weighted by atomic mass is 19.4. The topological polar surface area (TPSA) is 54.5 Å². The number of methoxy groups -OCH3 is 1. The first-order valence-electron chi connectivity index (χ1n) is 11.4. The van der Waals surface area contributed by atoms with E-state index >= 15 is 0 Å². The van der Waals surface area contributed by atoms with Gasteiger partial charge in [-0.25, -0.2) is 4.98 Å². The molecule has 1 unspecified atom stereocenters. The van der Waals surface area contributed by atoms with Gasteiger partial charge < -0.3 is 10.1 Å². The summed E-state index contributed by atoms with van der Waals surface area (Å²) in [6.07, 6.45) is -7.62. The number of carbonyl (C=O) groups excluding carboxylic acids is 1. The summed E-state index contributed by atoms with van der Waals surface area (Å²) in [6.45, 7) is 3.15. The quantitative estimate of drug-likeness (QED) is 0.361. The average Bonchev–Trinajstić information content (AvgIpc) is 3.18. The maximum atomic E-state index is 13.6. The zero-order chi connectivity index (χ0) is 27.9. The molecule has 0 spiro atoms. The van der Waals surface area contributed by atoms with Crippen molar-refractivity contribution in [3.8, 4) is 5.75 Å². The summed E-state index contributed by atoms with van der Waals surface area (Å²) >= 11 is 0. The van der Waals surface area contributed by atoms with Crippen LogP contribution in [-0.4, -0.2) is 18.0 Å². The molecule has 1 amide bonds. The Morgan fingerprint density at radius 1 is 0.868 bits per heavy atom. The first kappa shape index (κ1) is 27.0. The van der Waals surface area contributed by atoms with Gasteiger partial charge in [0, 0.05) is 5.69 Å². The molecule has 0 saturated heterocycles. The fourth-order valence-electron chi connectivity index (χ4n) is 4.16. The number of nitrogens with one attached hydrogen (secondary N) is 1. The summed E-state index contributed by atoms with van der Waals surface area (Å²) in [5, 5.41) is 2.99. The zero-order valence-electron chi connectivity index (χ0n) is 20.5. The second-order valence-corrected chi connectivity index (χ2v) is 9.18. The molecule has 2 aromatic carbocycles. The van der Waals surface area contributed by atoms with Crippen LogP contribution in [0.3, 0.4) is 0 Å². The number of benzene rings is 2. The summed E-state index contributed by atoms with van der Waals surface area (Å²) in [5.74, 6) is -0.0664. The first-order chi connectivity index (χ1) is 17.7. The number of alkyl halides is 6. The lowest BCUT2D eigenvalue weighted by molar-refractivity contribution is -0.141. The zero-order valence-corrected chi connectivity index (χ0v) is 20.5. The Hall–Kier alpha value is -4.02. The summed E-state index contributed by atoms with van der Waals surface area (Å²) in [7, 11) is 1.47. The van der Waals surface area contributed by atoms with Gasteiger partial charge in [-0.1, -0.05) is 18.2 Å². The van der Waals surface area contributed by atoms with E-state index in [9.17, 15) is 31.1 Å². The Labute approximate surface area is 214 Å². The number of amides is 1. The number of hydrogen-bond acceptors (Lipinski definition) is 4. The Bertz CT molecular complexity index is 1360. The number of anilines is 1. The predicted molar refractivity (Wildman–Crippen MR) is 128 cm³/mol. The smallest absolute Gasteiger partial charge is 0.433 e. The van der Waals surface area contributed by atoms with E-state index < -0.39 is 41.1 Å². The van der Waals surface area contributed by atoms with Crippen molar-refractivity contribution in [2.24, 2.45) is 0 Å². The van der Waals surface area contributed by atoms with Crippen molar-refractivity contribution >= 4 is 11.6 Å². The number of pyridine rings is 1. The molecule has 11 heteroatoms. The molecule has 1 N–H and O–H groups in total. The molecule has 200 valence electrons. The third kappa shape index (κ3) is 5.46. The van der Waals surface area contributed by atoms with E-state index in [-0.39, 0.29) is 17.1 Å². The van der Waals surface area contributed by atoms with Crippen LogP contribution in [0.15, 0.2) is 78.5 Å². The molecule has 5 nitrogen and oxygen atoms in total. The van der Waals surface area contributed by atoms with Crippen molar-refractivity contribution in [1.82, 2.24) is 10.3 Å². The molecule has 3 aromatic rings. The highest BCUT2D eigenvalue weighted by molar-refractivity contribution is 6.09. The Balaban J connectivity index is 1.73. The molecule has 1 aliphatic heterocycles. The van der Waals surface area contributed by atoms with Gasteiger partial charge in [-0.3, -0.25) is 9.69 Å². The van der Waals surface area contributed by atoms with Gasteiger partial charge in [0.15, 0.2) is 0 Å². The molecule has 0 radical (unpaired) electrons. The van der Waals surface area contributed by atoms with E-state index in [1.165, 1.54) is 36.3 Å². The molecule has 38 heavy (non-hydrogen) atoms. The highest BCUT2D eigenvalue weighted by Gasteiger charge is 2.39. The van der Waals surface area contributed by atoms with E-state index in [0.29, 0.717) is 11.3 Å². The fourth-order valence-corrected chi connectivity index (χ4v) is 4.16. The number of rotatable bonds is 6. The number of hydrogen-bond donors (Lipinski definition) is 1. The normalized spacial score (nSPS) is 16.4. The van der Waals surface area contributed by atoms with Crippen LogP contribution in [0.25, 0.3) is 0 Å². The van der Waals surface area contributed by atoms with Crippen molar-refractivity contribution in [1.29, 1.82) is 0 Å². The van der Waals surface area contributed by atoms with Crippen molar-refractivity contribution < 1.29 is 35.9 Å². The number of halogens is 6.